The van der Waals surface area contributed by atoms with E-state index in [1.165, 1.54) is 0 Å². The third kappa shape index (κ3) is 2.58. The lowest BCUT2D eigenvalue weighted by molar-refractivity contribution is -0.124. The van der Waals surface area contributed by atoms with Crippen LogP contribution in [0.5, 0.6) is 0 Å². The molecule has 0 aliphatic heterocycles. The van der Waals surface area contributed by atoms with E-state index in [0.29, 0.717) is 6.54 Å². The minimum atomic E-state index is 0.0299. The van der Waals surface area contributed by atoms with Crippen LogP contribution in [0.25, 0.3) is 0 Å². The molecule has 0 atom stereocenters. The highest BCUT2D eigenvalue weighted by molar-refractivity contribution is 5.77. The monoisotopic (exact) mass is 209 g/mol. The molecule has 4 heteroatoms. The van der Waals surface area contributed by atoms with E-state index in [4.69, 9.17) is 0 Å². The molecule has 0 aliphatic carbocycles. The summed E-state index contributed by atoms with van der Waals surface area (Å²) in [6.07, 6.45) is 0. The lowest BCUT2D eigenvalue weighted by atomic mass is 10.1. The number of rotatable bonds is 3. The molecule has 0 unspecified atom stereocenters. The fraction of sp³-hybridized carbons (Fsp3) is 0.636. The van der Waals surface area contributed by atoms with Gasteiger partial charge in [0.25, 0.3) is 0 Å². The van der Waals surface area contributed by atoms with Crippen LogP contribution in [0.15, 0.2) is 0 Å². The van der Waals surface area contributed by atoms with Gasteiger partial charge in [-0.05, 0) is 13.8 Å². The Hall–Kier alpha value is -1.32. The van der Waals surface area contributed by atoms with E-state index < -0.39 is 0 Å². The third-order valence-electron chi connectivity index (χ3n) is 2.62. The Balaban J connectivity index is 2.69. The third-order valence-corrected chi connectivity index (χ3v) is 2.62. The summed E-state index contributed by atoms with van der Waals surface area (Å²) in [6, 6.07) is 0. The predicted molar refractivity (Wildman–Crippen MR) is 59.4 cm³/mol. The van der Waals surface area contributed by atoms with E-state index in [-0.39, 0.29) is 11.8 Å². The van der Waals surface area contributed by atoms with Crippen LogP contribution in [0.1, 0.15) is 30.8 Å². The fourth-order valence-electron chi connectivity index (χ4n) is 1.45. The zero-order chi connectivity index (χ0) is 11.6. The van der Waals surface area contributed by atoms with Crippen LogP contribution in [-0.4, -0.2) is 15.7 Å². The van der Waals surface area contributed by atoms with Gasteiger partial charge in [0, 0.05) is 30.8 Å². The summed E-state index contributed by atoms with van der Waals surface area (Å²) in [5.41, 5.74) is 3.21. The van der Waals surface area contributed by atoms with Crippen LogP contribution >= 0.6 is 0 Å². The molecule has 1 aromatic rings. The second kappa shape index (κ2) is 4.47. The number of aryl methyl sites for hydroxylation is 2. The molecule has 15 heavy (non-hydrogen) atoms. The molecule has 0 radical (unpaired) electrons. The average Bonchev–Trinajstić information content (AvgIpc) is 2.38. The number of carbonyl (C=O) groups excluding carboxylic acids is 1. The Labute approximate surface area is 90.7 Å². The number of nitrogens with zero attached hydrogens (tertiary/aromatic N) is 2. The maximum absolute atomic E-state index is 11.4. The normalized spacial score (nSPS) is 10.8. The predicted octanol–water partition coefficient (Wildman–Crippen LogP) is 1.31. The van der Waals surface area contributed by atoms with Crippen LogP contribution in [0, 0.1) is 19.8 Å². The molecule has 1 rings (SSSR count). The summed E-state index contributed by atoms with van der Waals surface area (Å²) in [5, 5.41) is 7.20. The van der Waals surface area contributed by atoms with Crippen LogP contribution in [0.4, 0.5) is 0 Å². The number of nitrogens with one attached hydrogen (secondary N) is 1. The highest BCUT2D eigenvalue weighted by atomic mass is 16.1. The quantitative estimate of drug-likeness (QED) is 0.816. The van der Waals surface area contributed by atoms with Crippen molar-refractivity contribution in [2.45, 2.75) is 34.2 Å². The first kappa shape index (κ1) is 11.8. The van der Waals surface area contributed by atoms with Gasteiger partial charge in [-0.2, -0.15) is 5.10 Å². The van der Waals surface area contributed by atoms with Gasteiger partial charge in [0.05, 0.1) is 5.69 Å². The topological polar surface area (TPSA) is 46.9 Å². The highest BCUT2D eigenvalue weighted by Gasteiger charge is 2.11. The van der Waals surface area contributed by atoms with E-state index >= 15 is 0 Å². The molecule has 0 saturated heterocycles. The Morgan fingerprint density at radius 3 is 2.47 bits per heavy atom. The molecule has 0 bridgehead atoms. The summed E-state index contributed by atoms with van der Waals surface area (Å²) in [5.74, 6) is 0.111. The van der Waals surface area contributed by atoms with Crippen molar-refractivity contribution in [3.8, 4) is 0 Å². The summed E-state index contributed by atoms with van der Waals surface area (Å²) in [4.78, 5) is 11.4. The molecule has 0 saturated carbocycles. The van der Waals surface area contributed by atoms with Gasteiger partial charge in [0.1, 0.15) is 0 Å². The number of aromatic nitrogens is 2. The van der Waals surface area contributed by atoms with E-state index in [1.54, 1.807) is 0 Å². The SMILES string of the molecule is Cc1nn(C)c(C)c1CNC(=O)C(C)C. The van der Waals surface area contributed by atoms with Crippen molar-refractivity contribution < 1.29 is 4.79 Å². The second-order valence-corrected chi connectivity index (χ2v) is 4.15. The van der Waals surface area contributed by atoms with Crippen molar-refractivity contribution >= 4 is 5.91 Å². The van der Waals surface area contributed by atoms with Crippen molar-refractivity contribution in [2.75, 3.05) is 0 Å². The van der Waals surface area contributed by atoms with Crippen molar-refractivity contribution in [2.24, 2.45) is 13.0 Å². The summed E-state index contributed by atoms with van der Waals surface area (Å²) >= 11 is 0. The lowest BCUT2D eigenvalue weighted by Crippen LogP contribution is -2.27. The minimum Gasteiger partial charge on any atom is -0.352 e. The molecular formula is C11H19N3O. The van der Waals surface area contributed by atoms with Gasteiger partial charge >= 0.3 is 0 Å². The van der Waals surface area contributed by atoms with Gasteiger partial charge in [-0.3, -0.25) is 9.48 Å². The van der Waals surface area contributed by atoms with Gasteiger partial charge in [-0.1, -0.05) is 13.8 Å². The first-order chi connectivity index (χ1) is 6.93. The number of hydrogen-bond donors (Lipinski definition) is 1. The first-order valence-electron chi connectivity index (χ1n) is 5.20. The van der Waals surface area contributed by atoms with Crippen LogP contribution in [0.3, 0.4) is 0 Å². The van der Waals surface area contributed by atoms with Gasteiger partial charge in [0.2, 0.25) is 5.91 Å². The Kier molecular flexibility index (Phi) is 3.50. The summed E-state index contributed by atoms with van der Waals surface area (Å²) in [6.45, 7) is 8.32. The zero-order valence-corrected chi connectivity index (χ0v) is 10.1. The molecule has 0 fully saturated rings. The van der Waals surface area contributed by atoms with Crippen LogP contribution < -0.4 is 5.32 Å². The molecule has 4 nitrogen and oxygen atoms in total. The van der Waals surface area contributed by atoms with E-state index in [9.17, 15) is 4.79 Å². The Bertz CT molecular complexity index is 366. The molecule has 1 aromatic heterocycles. The molecule has 0 aliphatic rings. The van der Waals surface area contributed by atoms with Crippen molar-refractivity contribution in [3.63, 3.8) is 0 Å². The molecule has 84 valence electrons. The largest absolute Gasteiger partial charge is 0.352 e. The Morgan fingerprint density at radius 2 is 2.07 bits per heavy atom. The van der Waals surface area contributed by atoms with Gasteiger partial charge in [0.15, 0.2) is 0 Å². The smallest absolute Gasteiger partial charge is 0.222 e. The zero-order valence-electron chi connectivity index (χ0n) is 10.1. The maximum Gasteiger partial charge on any atom is 0.222 e. The fourth-order valence-corrected chi connectivity index (χ4v) is 1.45. The van der Waals surface area contributed by atoms with Crippen molar-refractivity contribution in [1.82, 2.24) is 15.1 Å². The Morgan fingerprint density at radius 1 is 1.47 bits per heavy atom. The molecule has 1 N–H and O–H groups in total. The number of hydrogen-bond acceptors (Lipinski definition) is 2. The van der Waals surface area contributed by atoms with E-state index in [2.05, 4.69) is 10.4 Å². The standard InChI is InChI=1S/C11H19N3O/c1-7(2)11(15)12-6-10-8(3)13-14(5)9(10)4/h7H,6H2,1-5H3,(H,12,15). The van der Waals surface area contributed by atoms with Gasteiger partial charge < -0.3 is 5.32 Å². The molecular weight excluding hydrogens is 190 g/mol. The molecule has 1 amide bonds. The number of carbonyl (C=O) groups is 1. The van der Waals surface area contributed by atoms with Crippen LogP contribution in [-0.2, 0) is 18.4 Å². The molecule has 0 spiro atoms. The molecule has 1 heterocycles. The number of amides is 1. The van der Waals surface area contributed by atoms with Gasteiger partial charge in [-0.25, -0.2) is 0 Å². The molecule has 0 aromatic carbocycles. The average molecular weight is 209 g/mol. The van der Waals surface area contributed by atoms with Crippen molar-refractivity contribution in [1.29, 1.82) is 0 Å². The summed E-state index contributed by atoms with van der Waals surface area (Å²) in [7, 11) is 1.91. The van der Waals surface area contributed by atoms with E-state index in [0.717, 1.165) is 17.0 Å². The minimum absolute atomic E-state index is 0.0299. The van der Waals surface area contributed by atoms with Gasteiger partial charge in [-0.15, -0.1) is 0 Å². The highest BCUT2D eigenvalue weighted by Crippen LogP contribution is 2.11. The first-order valence-corrected chi connectivity index (χ1v) is 5.20. The maximum atomic E-state index is 11.4. The lowest BCUT2D eigenvalue weighted by Gasteiger charge is -2.07. The van der Waals surface area contributed by atoms with E-state index in [1.807, 2.05) is 39.4 Å². The van der Waals surface area contributed by atoms with Crippen molar-refractivity contribution in [3.05, 3.63) is 17.0 Å². The van der Waals surface area contributed by atoms with Crippen LogP contribution in [0.2, 0.25) is 0 Å². The summed E-state index contributed by atoms with van der Waals surface area (Å²) < 4.78 is 1.84. The second-order valence-electron chi connectivity index (χ2n) is 4.15.